The molecule has 2 atom stereocenters. The quantitative estimate of drug-likeness (QED) is 0.603. The zero-order valence-electron chi connectivity index (χ0n) is 14.1. The number of aliphatic hydroxyl groups excluding tert-OH is 1. The fourth-order valence-electron chi connectivity index (χ4n) is 2.74. The topological polar surface area (TPSA) is 66.4 Å². The van der Waals surface area contributed by atoms with Gasteiger partial charge in [-0.25, -0.2) is 13.1 Å². The highest BCUT2D eigenvalue weighted by atomic mass is 35.5. The van der Waals surface area contributed by atoms with Crippen molar-refractivity contribution in [3.05, 3.63) is 100 Å². The van der Waals surface area contributed by atoms with Crippen molar-refractivity contribution in [2.45, 2.75) is 17.0 Å². The minimum atomic E-state index is -4.01. The lowest BCUT2D eigenvalue weighted by molar-refractivity contribution is 0.139. The van der Waals surface area contributed by atoms with E-state index in [1.807, 2.05) is 12.1 Å². The molecule has 0 fully saturated rings. The molecule has 0 aliphatic carbocycles. The predicted octanol–water partition coefficient (Wildman–Crippen LogP) is 4.75. The average Bonchev–Trinajstić information content (AvgIpc) is 2.67. The Bertz CT molecular complexity index is 1010. The maximum Gasteiger partial charge on any atom is 0.242 e. The van der Waals surface area contributed by atoms with E-state index in [1.54, 1.807) is 48.5 Å². The second-order valence-corrected chi connectivity index (χ2v) is 8.47. The minimum absolute atomic E-state index is 0.0102. The third-order valence-electron chi connectivity index (χ3n) is 4.08. The number of benzene rings is 3. The summed E-state index contributed by atoms with van der Waals surface area (Å²) in [5.41, 5.74) is 1.22. The van der Waals surface area contributed by atoms with Crippen molar-refractivity contribution in [2.75, 3.05) is 0 Å². The Kier molecular flexibility index (Phi) is 6.19. The van der Waals surface area contributed by atoms with E-state index in [0.29, 0.717) is 16.1 Å². The number of sulfonamides is 1. The van der Waals surface area contributed by atoms with E-state index in [9.17, 15) is 13.5 Å². The Morgan fingerprint density at radius 3 is 1.93 bits per heavy atom. The monoisotopic (exact) mass is 421 g/mol. The first-order valence-electron chi connectivity index (χ1n) is 8.14. The fourth-order valence-corrected chi connectivity index (χ4v) is 4.74. The number of hydrogen-bond acceptors (Lipinski definition) is 3. The van der Waals surface area contributed by atoms with Crippen LogP contribution in [-0.4, -0.2) is 13.5 Å². The molecule has 0 aliphatic heterocycles. The standard InChI is InChI=1S/C20H17Cl2NO3S/c21-16-11-12-18(17(22)13-16)27(25,26)23-19(14-7-3-1-4-8-14)20(24)15-9-5-2-6-10-15/h1-13,19-20,23-24H/t19-,20-/m1/s1. The summed E-state index contributed by atoms with van der Waals surface area (Å²) in [4.78, 5) is -0.102. The van der Waals surface area contributed by atoms with Gasteiger partial charge in [0.2, 0.25) is 10.0 Å². The molecule has 3 aromatic rings. The highest BCUT2D eigenvalue weighted by molar-refractivity contribution is 7.89. The molecule has 3 rings (SSSR count). The number of nitrogens with one attached hydrogen (secondary N) is 1. The first-order valence-corrected chi connectivity index (χ1v) is 10.4. The Balaban J connectivity index is 2.01. The van der Waals surface area contributed by atoms with Gasteiger partial charge >= 0.3 is 0 Å². The Morgan fingerprint density at radius 1 is 0.815 bits per heavy atom. The summed E-state index contributed by atoms with van der Waals surface area (Å²) in [6.07, 6.45) is -1.09. The van der Waals surface area contributed by atoms with Gasteiger partial charge in [-0.15, -0.1) is 0 Å². The van der Waals surface area contributed by atoms with E-state index in [2.05, 4.69) is 4.72 Å². The van der Waals surface area contributed by atoms with Gasteiger partial charge in [0.25, 0.3) is 0 Å². The van der Waals surface area contributed by atoms with Crippen molar-refractivity contribution in [3.8, 4) is 0 Å². The molecule has 2 N–H and O–H groups in total. The number of rotatable bonds is 6. The van der Waals surface area contributed by atoms with Crippen LogP contribution in [0.2, 0.25) is 10.0 Å². The van der Waals surface area contributed by atoms with E-state index in [1.165, 1.54) is 18.2 Å². The Hall–Kier alpha value is -1.89. The molecule has 0 saturated heterocycles. The smallest absolute Gasteiger partial charge is 0.242 e. The lowest BCUT2D eigenvalue weighted by Gasteiger charge is -2.25. The molecule has 27 heavy (non-hydrogen) atoms. The minimum Gasteiger partial charge on any atom is -0.386 e. The van der Waals surface area contributed by atoms with Crippen LogP contribution in [0.3, 0.4) is 0 Å². The Morgan fingerprint density at radius 2 is 1.37 bits per heavy atom. The molecule has 0 heterocycles. The van der Waals surface area contributed by atoms with Crippen molar-refractivity contribution in [2.24, 2.45) is 0 Å². The van der Waals surface area contributed by atoms with Gasteiger partial charge in [0.05, 0.1) is 17.2 Å². The summed E-state index contributed by atoms with van der Waals surface area (Å²) in [5, 5.41) is 11.2. The lowest BCUT2D eigenvalue weighted by Crippen LogP contribution is -2.33. The number of aliphatic hydroxyl groups is 1. The van der Waals surface area contributed by atoms with Gasteiger partial charge in [-0.3, -0.25) is 0 Å². The molecule has 3 aromatic carbocycles. The van der Waals surface area contributed by atoms with Crippen LogP contribution in [0.15, 0.2) is 83.8 Å². The summed E-state index contributed by atoms with van der Waals surface area (Å²) in [7, 11) is -4.01. The molecule has 0 aromatic heterocycles. The van der Waals surface area contributed by atoms with E-state index in [0.717, 1.165) is 0 Å². The van der Waals surface area contributed by atoms with Crippen LogP contribution in [0.25, 0.3) is 0 Å². The summed E-state index contributed by atoms with van der Waals surface area (Å²) in [6.45, 7) is 0. The molecular formula is C20H17Cl2NO3S. The SMILES string of the molecule is O=S(=O)(N[C@H](c1ccccc1)[C@H](O)c1ccccc1)c1ccc(Cl)cc1Cl. The van der Waals surface area contributed by atoms with Gasteiger partial charge in [0.1, 0.15) is 4.90 Å². The van der Waals surface area contributed by atoms with Crippen molar-refractivity contribution in [3.63, 3.8) is 0 Å². The van der Waals surface area contributed by atoms with Crippen molar-refractivity contribution in [1.29, 1.82) is 0 Å². The molecular weight excluding hydrogens is 405 g/mol. The van der Waals surface area contributed by atoms with Crippen LogP contribution in [-0.2, 0) is 10.0 Å². The second-order valence-electron chi connectivity index (χ2n) is 5.94. The van der Waals surface area contributed by atoms with E-state index in [4.69, 9.17) is 23.2 Å². The van der Waals surface area contributed by atoms with Gasteiger partial charge in [-0.2, -0.15) is 0 Å². The van der Waals surface area contributed by atoms with E-state index < -0.39 is 22.2 Å². The summed E-state index contributed by atoms with van der Waals surface area (Å²) < 4.78 is 28.4. The van der Waals surface area contributed by atoms with E-state index >= 15 is 0 Å². The maximum absolute atomic E-state index is 12.9. The molecule has 0 spiro atoms. The fraction of sp³-hybridized carbons (Fsp3) is 0.100. The molecule has 0 aliphatic rings. The maximum atomic E-state index is 12.9. The average molecular weight is 422 g/mol. The van der Waals surface area contributed by atoms with E-state index in [-0.39, 0.29) is 9.92 Å². The summed E-state index contributed by atoms with van der Waals surface area (Å²) in [5.74, 6) is 0. The van der Waals surface area contributed by atoms with Crippen LogP contribution < -0.4 is 4.72 Å². The third-order valence-corrected chi connectivity index (χ3v) is 6.24. The molecule has 0 radical (unpaired) electrons. The molecule has 0 amide bonds. The summed E-state index contributed by atoms with van der Waals surface area (Å²) >= 11 is 11.9. The predicted molar refractivity (Wildman–Crippen MR) is 107 cm³/mol. The highest BCUT2D eigenvalue weighted by Gasteiger charge is 2.29. The molecule has 0 bridgehead atoms. The normalized spacial score (nSPS) is 13.9. The number of hydrogen-bond donors (Lipinski definition) is 2. The molecule has 0 saturated carbocycles. The van der Waals surface area contributed by atoms with Gasteiger partial charge in [-0.1, -0.05) is 83.9 Å². The van der Waals surface area contributed by atoms with Gasteiger partial charge in [0, 0.05) is 5.02 Å². The van der Waals surface area contributed by atoms with Gasteiger partial charge < -0.3 is 5.11 Å². The molecule has 4 nitrogen and oxygen atoms in total. The lowest BCUT2D eigenvalue weighted by atomic mass is 9.97. The first kappa shape index (κ1) is 19.9. The Labute approximate surface area is 168 Å². The molecule has 140 valence electrons. The number of halogens is 2. The van der Waals surface area contributed by atoms with Crippen molar-refractivity contribution < 1.29 is 13.5 Å². The summed E-state index contributed by atoms with van der Waals surface area (Å²) in [6, 6.07) is 21.0. The van der Waals surface area contributed by atoms with Crippen LogP contribution in [0.5, 0.6) is 0 Å². The largest absolute Gasteiger partial charge is 0.386 e. The molecule has 7 heteroatoms. The van der Waals surface area contributed by atoms with Gasteiger partial charge in [-0.05, 0) is 29.3 Å². The van der Waals surface area contributed by atoms with Crippen LogP contribution in [0.4, 0.5) is 0 Å². The third kappa shape index (κ3) is 4.69. The zero-order valence-corrected chi connectivity index (χ0v) is 16.4. The van der Waals surface area contributed by atoms with Crippen LogP contribution >= 0.6 is 23.2 Å². The van der Waals surface area contributed by atoms with Crippen LogP contribution in [0, 0.1) is 0 Å². The highest BCUT2D eigenvalue weighted by Crippen LogP contribution is 2.32. The van der Waals surface area contributed by atoms with Crippen LogP contribution in [0.1, 0.15) is 23.3 Å². The second kappa shape index (κ2) is 8.42. The first-order chi connectivity index (χ1) is 12.9. The van der Waals surface area contributed by atoms with Crippen molar-refractivity contribution in [1.82, 2.24) is 4.72 Å². The molecule has 0 unspecified atom stereocenters. The van der Waals surface area contributed by atoms with Crippen molar-refractivity contribution >= 4 is 33.2 Å². The van der Waals surface area contributed by atoms with Gasteiger partial charge in [0.15, 0.2) is 0 Å². The zero-order chi connectivity index (χ0) is 19.4.